The first kappa shape index (κ1) is 20.9. The molecule has 0 spiro atoms. The van der Waals surface area contributed by atoms with Gasteiger partial charge in [0.1, 0.15) is 5.82 Å². The molecule has 0 unspecified atom stereocenters. The predicted octanol–water partition coefficient (Wildman–Crippen LogP) is 3.28. The van der Waals surface area contributed by atoms with Crippen LogP contribution in [0.1, 0.15) is 41.6 Å². The number of hydrogen-bond donors (Lipinski definition) is 3. The molecule has 0 atom stereocenters. The van der Waals surface area contributed by atoms with Gasteiger partial charge in [0.25, 0.3) is 5.91 Å². The van der Waals surface area contributed by atoms with E-state index < -0.39 is 17.5 Å². The van der Waals surface area contributed by atoms with Crippen LogP contribution >= 0.6 is 0 Å². The fourth-order valence-electron chi connectivity index (χ4n) is 3.16. The number of carbonyl (C=O) groups excluding carboxylic acids is 1. The summed E-state index contributed by atoms with van der Waals surface area (Å²) in [7, 11) is 0. The summed E-state index contributed by atoms with van der Waals surface area (Å²) in [6, 6.07) is 8.81. The van der Waals surface area contributed by atoms with E-state index in [1.54, 1.807) is 12.1 Å². The summed E-state index contributed by atoms with van der Waals surface area (Å²) in [5.41, 5.74) is 0.564. The van der Waals surface area contributed by atoms with Crippen molar-refractivity contribution in [2.45, 2.75) is 44.4 Å². The van der Waals surface area contributed by atoms with Gasteiger partial charge in [0, 0.05) is 18.2 Å². The van der Waals surface area contributed by atoms with E-state index >= 15 is 0 Å². The standard InChI is InChI=1S/C21H22F3N3O2/c22-15-3-1-2-13(10-15)12-25-21(26-16-5-7-17(28)8-6-16)27-20(29)14-4-9-18(23)19(24)11-14/h1-4,9-11,16-17,28H,5-8,12H2,(H2,25,26,27,29)/t16-,17-. The van der Waals surface area contributed by atoms with Crippen LogP contribution < -0.4 is 10.6 Å². The number of guanidine groups is 1. The highest BCUT2D eigenvalue weighted by Gasteiger charge is 2.21. The second-order valence-corrected chi connectivity index (χ2v) is 7.03. The van der Waals surface area contributed by atoms with E-state index in [1.807, 2.05) is 0 Å². The molecular formula is C21H22F3N3O2. The molecule has 0 radical (unpaired) electrons. The Morgan fingerprint density at radius 2 is 1.79 bits per heavy atom. The summed E-state index contributed by atoms with van der Waals surface area (Å²) in [4.78, 5) is 16.4. The third-order valence-electron chi connectivity index (χ3n) is 4.77. The van der Waals surface area contributed by atoms with Crippen molar-refractivity contribution in [2.75, 3.05) is 0 Å². The van der Waals surface area contributed by atoms with Gasteiger partial charge < -0.3 is 15.7 Å². The lowest BCUT2D eigenvalue weighted by Gasteiger charge is -2.27. The van der Waals surface area contributed by atoms with Crippen LogP contribution in [0.4, 0.5) is 13.2 Å². The van der Waals surface area contributed by atoms with Gasteiger partial charge in [0.2, 0.25) is 0 Å². The van der Waals surface area contributed by atoms with Crippen LogP contribution in [0.5, 0.6) is 0 Å². The molecule has 1 aliphatic rings. The highest BCUT2D eigenvalue weighted by molar-refractivity contribution is 6.02. The summed E-state index contributed by atoms with van der Waals surface area (Å²) in [5, 5.41) is 15.8. The molecule has 0 saturated heterocycles. The molecule has 0 aromatic heterocycles. The third-order valence-corrected chi connectivity index (χ3v) is 4.77. The Kier molecular flexibility index (Phi) is 6.87. The van der Waals surface area contributed by atoms with Crippen molar-refractivity contribution in [3.05, 3.63) is 71.0 Å². The molecule has 29 heavy (non-hydrogen) atoms. The molecule has 0 bridgehead atoms. The van der Waals surface area contributed by atoms with Gasteiger partial charge in [-0.15, -0.1) is 0 Å². The van der Waals surface area contributed by atoms with Crippen molar-refractivity contribution in [3.63, 3.8) is 0 Å². The van der Waals surface area contributed by atoms with Gasteiger partial charge >= 0.3 is 0 Å². The van der Waals surface area contributed by atoms with Crippen molar-refractivity contribution in [1.82, 2.24) is 10.6 Å². The fourth-order valence-corrected chi connectivity index (χ4v) is 3.16. The zero-order valence-corrected chi connectivity index (χ0v) is 15.7. The van der Waals surface area contributed by atoms with Crippen molar-refractivity contribution in [3.8, 4) is 0 Å². The van der Waals surface area contributed by atoms with Gasteiger partial charge in [-0.25, -0.2) is 13.2 Å². The van der Waals surface area contributed by atoms with Crippen LogP contribution in [0.15, 0.2) is 47.5 Å². The van der Waals surface area contributed by atoms with E-state index in [1.165, 1.54) is 12.1 Å². The summed E-state index contributed by atoms with van der Waals surface area (Å²) >= 11 is 0. The Morgan fingerprint density at radius 1 is 1.03 bits per heavy atom. The van der Waals surface area contributed by atoms with Gasteiger partial charge in [-0.3, -0.25) is 4.79 Å². The second-order valence-electron chi connectivity index (χ2n) is 7.03. The Balaban J connectivity index is 1.75. The largest absolute Gasteiger partial charge is 0.393 e. The molecule has 2 aromatic rings. The summed E-state index contributed by atoms with van der Waals surface area (Å²) < 4.78 is 39.9. The van der Waals surface area contributed by atoms with Gasteiger partial charge in [0.05, 0.1) is 6.10 Å². The van der Waals surface area contributed by atoms with Crippen LogP contribution in [0.25, 0.3) is 0 Å². The van der Waals surface area contributed by atoms with Crippen molar-refractivity contribution < 1.29 is 23.1 Å². The molecule has 1 aliphatic carbocycles. The molecule has 1 amide bonds. The molecule has 1 fully saturated rings. The fraction of sp³-hybridized carbons (Fsp3) is 0.333. The van der Waals surface area contributed by atoms with E-state index in [9.17, 15) is 23.1 Å². The first-order chi connectivity index (χ1) is 13.9. The number of hydrogen-bond acceptors (Lipinski definition) is 2. The molecule has 2 aromatic carbocycles. The number of benzene rings is 2. The molecule has 8 heteroatoms. The first-order valence-electron chi connectivity index (χ1n) is 9.41. The lowest BCUT2D eigenvalue weighted by Crippen LogP contribution is -2.45. The van der Waals surface area contributed by atoms with Crippen LogP contribution in [0.3, 0.4) is 0 Å². The highest BCUT2D eigenvalue weighted by Crippen LogP contribution is 2.18. The van der Waals surface area contributed by atoms with Crippen LogP contribution in [0, 0.1) is 17.5 Å². The van der Waals surface area contributed by atoms with E-state index in [-0.39, 0.29) is 36.0 Å². The molecule has 154 valence electrons. The maximum Gasteiger partial charge on any atom is 0.280 e. The average molecular weight is 405 g/mol. The summed E-state index contributed by atoms with van der Waals surface area (Å²) in [6.45, 7) is 0.212. The van der Waals surface area contributed by atoms with Gasteiger partial charge in [0.15, 0.2) is 17.6 Å². The third kappa shape index (κ3) is 6.05. The average Bonchev–Trinajstić information content (AvgIpc) is 2.70. The van der Waals surface area contributed by atoms with Gasteiger partial charge in [-0.2, -0.15) is 4.99 Å². The lowest BCUT2D eigenvalue weighted by molar-refractivity contribution is 0.1000. The Hall–Kier alpha value is -2.87. The monoisotopic (exact) mass is 405 g/mol. The molecule has 3 rings (SSSR count). The lowest BCUT2D eigenvalue weighted by atomic mass is 9.93. The maximum absolute atomic E-state index is 13.4. The highest BCUT2D eigenvalue weighted by atomic mass is 19.2. The smallest absolute Gasteiger partial charge is 0.280 e. The Bertz CT molecular complexity index is 896. The van der Waals surface area contributed by atoms with E-state index in [0.717, 1.165) is 18.2 Å². The number of amides is 1. The SMILES string of the molecule is O=C(/N=C(/NCc1cccc(F)c1)N[C@H]1CC[C@H](O)CC1)c1ccc(F)c(F)c1. The van der Waals surface area contributed by atoms with Gasteiger partial charge in [-0.05, 0) is 61.6 Å². The Labute approximate surface area is 166 Å². The minimum atomic E-state index is -1.13. The topological polar surface area (TPSA) is 73.7 Å². The number of nitrogens with zero attached hydrogens (tertiary/aromatic N) is 1. The minimum Gasteiger partial charge on any atom is -0.393 e. The minimum absolute atomic E-state index is 0.00471. The van der Waals surface area contributed by atoms with Gasteiger partial charge in [-0.1, -0.05) is 12.1 Å². The molecule has 0 heterocycles. The number of aliphatic hydroxyl groups is 1. The number of halogens is 3. The molecule has 5 nitrogen and oxygen atoms in total. The van der Waals surface area contributed by atoms with E-state index in [4.69, 9.17) is 0 Å². The van der Waals surface area contributed by atoms with Crippen molar-refractivity contribution in [2.24, 2.45) is 4.99 Å². The number of aliphatic imine (C=N–C) groups is 1. The molecule has 3 N–H and O–H groups in total. The summed E-state index contributed by atoms with van der Waals surface area (Å²) in [5.74, 6) is -3.14. The van der Waals surface area contributed by atoms with Crippen LogP contribution in [-0.2, 0) is 6.54 Å². The normalized spacial score (nSPS) is 19.7. The van der Waals surface area contributed by atoms with Crippen molar-refractivity contribution in [1.29, 1.82) is 0 Å². The quantitative estimate of drug-likeness (QED) is 0.539. The maximum atomic E-state index is 13.4. The zero-order chi connectivity index (χ0) is 20.8. The van der Waals surface area contributed by atoms with Crippen LogP contribution in [0.2, 0.25) is 0 Å². The number of aliphatic hydroxyl groups excluding tert-OH is 1. The first-order valence-corrected chi connectivity index (χ1v) is 9.41. The van der Waals surface area contributed by atoms with Crippen LogP contribution in [-0.4, -0.2) is 29.1 Å². The summed E-state index contributed by atoms with van der Waals surface area (Å²) in [6.07, 6.45) is 2.32. The van der Waals surface area contributed by atoms with Crippen molar-refractivity contribution >= 4 is 11.9 Å². The van der Waals surface area contributed by atoms with E-state index in [2.05, 4.69) is 15.6 Å². The number of carbonyl (C=O) groups is 1. The second kappa shape index (κ2) is 9.56. The Morgan fingerprint density at radius 3 is 2.48 bits per heavy atom. The predicted molar refractivity (Wildman–Crippen MR) is 103 cm³/mol. The van der Waals surface area contributed by atoms with E-state index in [0.29, 0.717) is 31.2 Å². The number of nitrogens with one attached hydrogen (secondary N) is 2. The zero-order valence-electron chi connectivity index (χ0n) is 15.7. The molecular weight excluding hydrogens is 383 g/mol. The molecule has 1 saturated carbocycles. The number of rotatable bonds is 4. The molecule has 0 aliphatic heterocycles.